The molecule has 24 heavy (non-hydrogen) atoms. The highest BCUT2D eigenvalue weighted by Gasteiger charge is 2.20. The molecule has 1 rings (SSSR count). The van der Waals surface area contributed by atoms with Crippen LogP contribution in [0.25, 0.3) is 0 Å². The van der Waals surface area contributed by atoms with E-state index in [0.717, 1.165) is 0 Å². The number of carboxylic acid groups (broad SMARTS) is 2. The van der Waals surface area contributed by atoms with E-state index in [-0.39, 0.29) is 17.7 Å². The minimum absolute atomic E-state index is 0.0682. The van der Waals surface area contributed by atoms with Crippen LogP contribution in [-0.4, -0.2) is 53.7 Å². The number of aromatic carboxylic acids is 1. The number of carboxylic acids is 2. The summed E-state index contributed by atoms with van der Waals surface area (Å²) in [4.78, 5) is 44.8. The normalized spacial score (nSPS) is 11.2. The van der Waals surface area contributed by atoms with Crippen LogP contribution >= 0.6 is 0 Å². The molecule has 2 amide bonds. The maximum Gasteiger partial charge on any atom is 0.341 e. The Balaban J connectivity index is 3.04. The van der Waals surface area contributed by atoms with Crippen molar-refractivity contribution in [1.82, 2.24) is 10.6 Å². The third kappa shape index (κ3) is 5.59. The first-order chi connectivity index (χ1) is 11.2. The van der Waals surface area contributed by atoms with E-state index in [1.807, 2.05) is 0 Å². The number of aliphatic carboxylic acids is 1. The fourth-order valence-corrected chi connectivity index (χ4v) is 2.00. The van der Waals surface area contributed by atoms with Gasteiger partial charge in [0.2, 0.25) is 11.8 Å². The smallest absolute Gasteiger partial charge is 0.341 e. The van der Waals surface area contributed by atoms with Gasteiger partial charge in [-0.2, -0.15) is 0 Å². The summed E-state index contributed by atoms with van der Waals surface area (Å²) >= 11 is 0. The summed E-state index contributed by atoms with van der Waals surface area (Å²) in [5.74, 6) is -3.45. The lowest BCUT2D eigenvalue weighted by Gasteiger charge is -2.17. The Hall–Kier alpha value is -3.10. The molecule has 9 heteroatoms. The summed E-state index contributed by atoms with van der Waals surface area (Å²) in [6.07, 6.45) is 0.0682. The van der Waals surface area contributed by atoms with E-state index < -0.39 is 36.4 Å². The molecule has 1 unspecified atom stereocenters. The van der Waals surface area contributed by atoms with E-state index in [0.29, 0.717) is 5.56 Å². The Kier molecular flexibility index (Phi) is 6.72. The van der Waals surface area contributed by atoms with Crippen molar-refractivity contribution in [2.75, 3.05) is 13.7 Å². The maximum atomic E-state index is 11.8. The molecule has 130 valence electrons. The van der Waals surface area contributed by atoms with Gasteiger partial charge in [-0.15, -0.1) is 0 Å². The van der Waals surface area contributed by atoms with Gasteiger partial charge in [-0.05, 0) is 17.7 Å². The number of amides is 2. The van der Waals surface area contributed by atoms with Crippen molar-refractivity contribution in [1.29, 1.82) is 0 Å². The Morgan fingerprint density at radius 3 is 2.38 bits per heavy atom. The van der Waals surface area contributed by atoms with E-state index in [2.05, 4.69) is 10.6 Å². The molecular formula is C15H18N2O7. The van der Waals surface area contributed by atoms with E-state index >= 15 is 0 Å². The molecule has 0 radical (unpaired) electrons. The third-order valence-electron chi connectivity index (χ3n) is 3.01. The summed E-state index contributed by atoms with van der Waals surface area (Å²) in [5, 5.41) is 22.7. The first kappa shape index (κ1) is 18.9. The van der Waals surface area contributed by atoms with Crippen molar-refractivity contribution >= 4 is 23.8 Å². The Morgan fingerprint density at radius 2 is 1.88 bits per heavy atom. The fourth-order valence-electron chi connectivity index (χ4n) is 2.00. The monoisotopic (exact) mass is 338 g/mol. The van der Waals surface area contributed by atoms with E-state index in [4.69, 9.17) is 9.84 Å². The molecule has 0 heterocycles. The molecule has 0 aliphatic heterocycles. The number of hydrogen-bond donors (Lipinski definition) is 4. The number of benzene rings is 1. The van der Waals surface area contributed by atoms with Gasteiger partial charge in [0.15, 0.2) is 6.61 Å². The standard InChI is InChI=1S/C15H18N2O7/c1-8(18)17-11(14(21)16-2)6-9-3-4-12(24-7-13(19)20)10(5-9)15(22)23/h3-5,11H,6-7H2,1-2H3,(H,16,21)(H,17,18)(H,19,20)(H,22,23). The second-order valence-electron chi connectivity index (χ2n) is 4.89. The second-order valence-corrected chi connectivity index (χ2v) is 4.89. The van der Waals surface area contributed by atoms with E-state index in [1.54, 1.807) is 0 Å². The van der Waals surface area contributed by atoms with Crippen LogP contribution in [-0.2, 0) is 20.8 Å². The summed E-state index contributed by atoms with van der Waals surface area (Å²) in [6, 6.07) is 3.23. The average Bonchev–Trinajstić information content (AvgIpc) is 2.51. The second kappa shape index (κ2) is 8.51. The van der Waals surface area contributed by atoms with Crippen LogP contribution in [0.3, 0.4) is 0 Å². The SMILES string of the molecule is CNC(=O)C(Cc1ccc(OCC(=O)O)c(C(=O)O)c1)NC(C)=O. The minimum Gasteiger partial charge on any atom is -0.481 e. The van der Waals surface area contributed by atoms with Crippen molar-refractivity contribution in [2.24, 2.45) is 0 Å². The molecule has 0 saturated carbocycles. The van der Waals surface area contributed by atoms with Gasteiger partial charge >= 0.3 is 11.9 Å². The molecule has 0 bridgehead atoms. The zero-order chi connectivity index (χ0) is 18.3. The zero-order valence-corrected chi connectivity index (χ0v) is 13.2. The fraction of sp³-hybridized carbons (Fsp3) is 0.333. The Labute approximate surface area is 137 Å². The first-order valence-electron chi connectivity index (χ1n) is 6.94. The minimum atomic E-state index is -1.30. The molecule has 1 aromatic rings. The number of ether oxygens (including phenoxy) is 1. The van der Waals surface area contributed by atoms with Crippen molar-refractivity contribution in [2.45, 2.75) is 19.4 Å². The molecule has 4 N–H and O–H groups in total. The molecule has 0 saturated heterocycles. The summed E-state index contributed by atoms with van der Waals surface area (Å²) in [6.45, 7) is 0.591. The zero-order valence-electron chi connectivity index (χ0n) is 13.2. The van der Waals surface area contributed by atoms with E-state index in [9.17, 15) is 24.3 Å². The molecule has 9 nitrogen and oxygen atoms in total. The quantitative estimate of drug-likeness (QED) is 0.507. The van der Waals surface area contributed by atoms with Crippen LogP contribution < -0.4 is 15.4 Å². The van der Waals surface area contributed by atoms with Crippen molar-refractivity contribution in [3.63, 3.8) is 0 Å². The number of nitrogens with one attached hydrogen (secondary N) is 2. The molecule has 0 aliphatic rings. The van der Waals surface area contributed by atoms with Crippen molar-refractivity contribution < 1.29 is 34.1 Å². The number of carbonyl (C=O) groups excluding carboxylic acids is 2. The summed E-state index contributed by atoms with van der Waals surface area (Å²) < 4.78 is 4.92. The Bertz CT molecular complexity index is 657. The van der Waals surface area contributed by atoms with E-state index in [1.165, 1.54) is 32.2 Å². The maximum absolute atomic E-state index is 11.8. The van der Waals surface area contributed by atoms with Gasteiger partial charge in [0.05, 0.1) is 0 Å². The van der Waals surface area contributed by atoms with Gasteiger partial charge in [0.25, 0.3) is 0 Å². The number of hydrogen-bond acceptors (Lipinski definition) is 5. The van der Waals surface area contributed by atoms with Crippen LogP contribution in [0.4, 0.5) is 0 Å². The van der Waals surface area contributed by atoms with Crippen LogP contribution in [0.5, 0.6) is 5.75 Å². The molecule has 0 aromatic heterocycles. The van der Waals surface area contributed by atoms with Gasteiger partial charge in [-0.1, -0.05) is 6.07 Å². The van der Waals surface area contributed by atoms with Gasteiger partial charge in [-0.25, -0.2) is 9.59 Å². The highest BCUT2D eigenvalue weighted by molar-refractivity contribution is 5.91. The molecular weight excluding hydrogens is 320 g/mol. The molecule has 0 fully saturated rings. The van der Waals surface area contributed by atoms with Crippen LogP contribution in [0, 0.1) is 0 Å². The van der Waals surface area contributed by atoms with Crippen LogP contribution in [0.1, 0.15) is 22.8 Å². The lowest BCUT2D eigenvalue weighted by molar-refractivity contribution is -0.139. The summed E-state index contributed by atoms with van der Waals surface area (Å²) in [7, 11) is 1.42. The Morgan fingerprint density at radius 1 is 1.21 bits per heavy atom. The summed E-state index contributed by atoms with van der Waals surface area (Å²) in [5.41, 5.74) is 0.240. The van der Waals surface area contributed by atoms with Gasteiger partial charge in [-0.3, -0.25) is 9.59 Å². The lowest BCUT2D eigenvalue weighted by atomic mass is 10.0. The molecule has 0 spiro atoms. The number of likely N-dealkylation sites (N-methyl/N-ethyl adjacent to an activating group) is 1. The topological polar surface area (TPSA) is 142 Å². The number of carbonyl (C=O) groups is 4. The van der Waals surface area contributed by atoms with Gasteiger partial charge in [0, 0.05) is 20.4 Å². The average molecular weight is 338 g/mol. The predicted octanol–water partition coefficient (Wildman–Crippen LogP) is -0.359. The molecule has 0 aliphatic carbocycles. The molecule has 1 aromatic carbocycles. The highest BCUT2D eigenvalue weighted by atomic mass is 16.5. The third-order valence-corrected chi connectivity index (χ3v) is 3.01. The molecule has 1 atom stereocenters. The van der Waals surface area contributed by atoms with Crippen molar-refractivity contribution in [3.8, 4) is 5.75 Å². The van der Waals surface area contributed by atoms with Gasteiger partial charge in [0.1, 0.15) is 17.4 Å². The first-order valence-corrected chi connectivity index (χ1v) is 6.94. The van der Waals surface area contributed by atoms with Crippen LogP contribution in [0.2, 0.25) is 0 Å². The highest BCUT2D eigenvalue weighted by Crippen LogP contribution is 2.21. The van der Waals surface area contributed by atoms with Gasteiger partial charge < -0.3 is 25.6 Å². The van der Waals surface area contributed by atoms with Crippen molar-refractivity contribution in [3.05, 3.63) is 29.3 Å². The predicted molar refractivity (Wildman–Crippen MR) is 81.9 cm³/mol. The largest absolute Gasteiger partial charge is 0.481 e. The number of rotatable bonds is 8. The van der Waals surface area contributed by atoms with Crippen LogP contribution in [0.15, 0.2) is 18.2 Å². The lowest BCUT2D eigenvalue weighted by Crippen LogP contribution is -2.46.